The lowest BCUT2D eigenvalue weighted by molar-refractivity contribution is -0.137. The number of aliphatic carboxylic acids is 1. The Balaban J connectivity index is 1.64. The third-order valence-corrected chi connectivity index (χ3v) is 6.99. The Kier molecular flexibility index (Phi) is 8.41. The molecule has 0 aliphatic carbocycles. The van der Waals surface area contributed by atoms with Crippen LogP contribution in [0, 0.1) is 0 Å². The summed E-state index contributed by atoms with van der Waals surface area (Å²) < 4.78 is 16.7. The predicted octanol–water partition coefficient (Wildman–Crippen LogP) is 3.53. The third kappa shape index (κ3) is 6.50. The largest absolute Gasteiger partial charge is 0.496 e. The van der Waals surface area contributed by atoms with Gasteiger partial charge < -0.3 is 34.9 Å². The fourth-order valence-electron chi connectivity index (χ4n) is 4.96. The minimum Gasteiger partial charge on any atom is -0.496 e. The highest BCUT2D eigenvalue weighted by Crippen LogP contribution is 2.35. The Bertz CT molecular complexity index is 1730. The highest BCUT2D eigenvalue weighted by atomic mass is 16.5. The van der Waals surface area contributed by atoms with Gasteiger partial charge in [-0.3, -0.25) is 19.7 Å². The average molecular weight is 588 g/mol. The van der Waals surface area contributed by atoms with E-state index in [-0.39, 0.29) is 18.6 Å². The van der Waals surface area contributed by atoms with Gasteiger partial charge in [-0.15, -0.1) is 0 Å². The van der Waals surface area contributed by atoms with Gasteiger partial charge in [0.25, 0.3) is 5.56 Å². The molecule has 2 amide bonds. The number of hydrogen-bond donors (Lipinski definition) is 5. The molecule has 13 nitrogen and oxygen atoms in total. The molecule has 0 saturated carbocycles. The number of hydrogen-bond acceptors (Lipinski definition) is 9. The fraction of sp³-hybridized carbons (Fsp3) is 0.233. The molecule has 4 aromatic rings. The number of carbonyl (C=O) groups is 3. The van der Waals surface area contributed by atoms with Crippen LogP contribution in [0.2, 0.25) is 0 Å². The van der Waals surface area contributed by atoms with Gasteiger partial charge in [-0.25, -0.2) is 9.78 Å². The van der Waals surface area contributed by atoms with E-state index in [2.05, 4.69) is 25.9 Å². The van der Waals surface area contributed by atoms with Crippen molar-refractivity contribution in [2.75, 3.05) is 31.5 Å². The van der Waals surface area contributed by atoms with Crippen LogP contribution in [0.3, 0.4) is 0 Å². The van der Waals surface area contributed by atoms with Gasteiger partial charge in [-0.2, -0.15) is 0 Å². The van der Waals surface area contributed by atoms with Crippen LogP contribution in [0.1, 0.15) is 35.2 Å². The van der Waals surface area contributed by atoms with E-state index >= 15 is 0 Å². The molecule has 0 fully saturated rings. The molecule has 222 valence electrons. The van der Waals surface area contributed by atoms with Crippen LogP contribution in [0.5, 0.6) is 11.5 Å². The number of aromatic amines is 1. The van der Waals surface area contributed by atoms with Crippen LogP contribution in [-0.2, 0) is 20.7 Å². The number of benzene rings is 3. The van der Waals surface area contributed by atoms with E-state index in [0.717, 1.165) is 0 Å². The molecule has 43 heavy (non-hydrogen) atoms. The molecule has 0 saturated heterocycles. The monoisotopic (exact) mass is 587 g/mol. The first kappa shape index (κ1) is 28.9. The lowest BCUT2D eigenvalue weighted by Crippen LogP contribution is -2.37. The van der Waals surface area contributed by atoms with Gasteiger partial charge in [0.2, 0.25) is 5.91 Å². The van der Waals surface area contributed by atoms with Crippen molar-refractivity contribution < 1.29 is 33.7 Å². The number of methoxy groups -OCH3 is 2. The van der Waals surface area contributed by atoms with Gasteiger partial charge in [-0.05, 0) is 53.6 Å². The molecule has 4 bridgehead atoms. The van der Waals surface area contributed by atoms with Crippen molar-refractivity contribution in [3.63, 3.8) is 0 Å². The average Bonchev–Trinajstić information content (AvgIpc) is 2.99. The van der Waals surface area contributed by atoms with Gasteiger partial charge in [0.1, 0.15) is 17.5 Å². The quantitative estimate of drug-likeness (QED) is 0.224. The zero-order chi connectivity index (χ0) is 30.5. The topological polar surface area (TPSA) is 181 Å². The van der Waals surface area contributed by atoms with Crippen LogP contribution in [0.25, 0.3) is 10.9 Å². The Morgan fingerprint density at radius 3 is 2.53 bits per heavy atom. The highest BCUT2D eigenvalue weighted by molar-refractivity contribution is 5.89. The first-order valence-corrected chi connectivity index (χ1v) is 13.3. The van der Waals surface area contributed by atoms with Gasteiger partial charge in [0.05, 0.1) is 50.5 Å². The second-order valence-electron chi connectivity index (χ2n) is 9.74. The number of carbonyl (C=O) groups excluding carboxylic acids is 2. The molecular formula is C30H29N5O8. The Labute approximate surface area is 245 Å². The number of nitrogens with one attached hydrogen (secondary N) is 4. The number of carboxylic acid groups (broad SMARTS) is 1. The molecule has 3 aromatic carbocycles. The van der Waals surface area contributed by atoms with E-state index in [9.17, 15) is 24.3 Å². The molecular weight excluding hydrogens is 558 g/mol. The summed E-state index contributed by atoms with van der Waals surface area (Å²) in [7, 11) is 2.93. The second-order valence-corrected chi connectivity index (χ2v) is 9.74. The van der Waals surface area contributed by atoms with Crippen LogP contribution in [0.4, 0.5) is 16.2 Å². The lowest BCUT2D eigenvalue weighted by Gasteiger charge is -2.26. The zero-order valence-corrected chi connectivity index (χ0v) is 23.3. The van der Waals surface area contributed by atoms with Crippen molar-refractivity contribution in [2.24, 2.45) is 0 Å². The number of H-pyrrole nitrogens is 1. The van der Waals surface area contributed by atoms with Crippen LogP contribution in [-0.4, -0.2) is 53.9 Å². The normalized spacial score (nSPS) is 17.0. The summed E-state index contributed by atoms with van der Waals surface area (Å²) in [6.45, 7) is 0.00106. The summed E-state index contributed by atoms with van der Waals surface area (Å²) in [5.41, 5.74) is 2.43. The maximum atomic E-state index is 14.1. The minimum atomic E-state index is -1.14. The molecule has 2 atom stereocenters. The SMILES string of the molecule is COc1cc2cc(OC)c1CCOC(=O)Nc1cccc(c1)C(CC(=O)O)NC(=O)C2Nc1ccc2nc[nH]c(=O)c2c1. The number of anilines is 2. The van der Waals surface area contributed by atoms with Crippen molar-refractivity contribution in [3.8, 4) is 11.5 Å². The van der Waals surface area contributed by atoms with Crippen LogP contribution < -0.4 is 31.0 Å². The number of fused-ring (bicyclic) bond motifs is 10. The van der Waals surface area contributed by atoms with Gasteiger partial charge in [0, 0.05) is 23.4 Å². The van der Waals surface area contributed by atoms with E-state index in [4.69, 9.17) is 14.2 Å². The van der Waals surface area contributed by atoms with E-state index in [1.807, 2.05) is 0 Å². The summed E-state index contributed by atoms with van der Waals surface area (Å²) in [6, 6.07) is 12.7. The summed E-state index contributed by atoms with van der Waals surface area (Å²) in [4.78, 5) is 57.5. The second kappa shape index (κ2) is 12.5. The van der Waals surface area contributed by atoms with Gasteiger partial charge in [0.15, 0.2) is 0 Å². The first-order chi connectivity index (χ1) is 20.7. The maximum absolute atomic E-state index is 14.1. The zero-order valence-electron chi connectivity index (χ0n) is 23.3. The Hall–Kier alpha value is -5.59. The Morgan fingerprint density at radius 2 is 1.81 bits per heavy atom. The molecule has 2 unspecified atom stereocenters. The summed E-state index contributed by atoms with van der Waals surface area (Å²) >= 11 is 0. The van der Waals surface area contributed by atoms with Crippen LogP contribution >= 0.6 is 0 Å². The first-order valence-electron chi connectivity index (χ1n) is 13.3. The number of nitrogens with zero attached hydrogens (tertiary/aromatic N) is 1. The molecule has 0 radical (unpaired) electrons. The van der Waals surface area contributed by atoms with Gasteiger partial charge in [-0.1, -0.05) is 12.1 Å². The molecule has 0 spiro atoms. The number of rotatable bonds is 6. The van der Waals surface area contributed by atoms with Crippen molar-refractivity contribution in [2.45, 2.75) is 24.9 Å². The molecule has 1 aromatic heterocycles. The maximum Gasteiger partial charge on any atom is 0.411 e. The Morgan fingerprint density at radius 1 is 1.05 bits per heavy atom. The van der Waals surface area contributed by atoms with E-state index in [0.29, 0.717) is 50.5 Å². The number of ether oxygens (including phenoxy) is 3. The van der Waals surface area contributed by atoms with Gasteiger partial charge >= 0.3 is 12.1 Å². The molecule has 2 aliphatic heterocycles. The molecule has 5 N–H and O–H groups in total. The van der Waals surface area contributed by atoms with E-state index in [1.54, 1.807) is 54.6 Å². The van der Waals surface area contributed by atoms with Crippen molar-refractivity contribution in [1.82, 2.24) is 15.3 Å². The molecule has 2 aliphatic rings. The lowest BCUT2D eigenvalue weighted by atomic mass is 9.98. The molecule has 3 heterocycles. The number of aromatic nitrogens is 2. The molecule has 13 heteroatoms. The van der Waals surface area contributed by atoms with Crippen molar-refractivity contribution >= 4 is 40.2 Å². The fourth-order valence-corrected chi connectivity index (χ4v) is 4.96. The minimum absolute atomic E-state index is 0.00106. The summed E-state index contributed by atoms with van der Waals surface area (Å²) in [5, 5.41) is 18.6. The smallest absolute Gasteiger partial charge is 0.411 e. The van der Waals surface area contributed by atoms with Crippen molar-refractivity contribution in [3.05, 3.63) is 88.0 Å². The standard InChI is InChI=1S/C30H29N5O8/c1-41-24-11-17-12-25(42-2)20(24)8-9-43-30(40)34-18-5-3-4-16(10-18)23(14-26(36)37)35-29(39)27(17)33-19-6-7-22-21(13-19)28(38)32-15-31-22/h3-7,10-13,15,23,27,33H,8-9,14H2,1-2H3,(H,34,40)(H,35,39)(H,36,37)(H,31,32,38). The predicted molar refractivity (Wildman–Crippen MR) is 157 cm³/mol. The van der Waals surface area contributed by atoms with Crippen molar-refractivity contribution in [1.29, 1.82) is 0 Å². The summed E-state index contributed by atoms with van der Waals surface area (Å²) in [6.07, 6.45) is 0.424. The van der Waals surface area contributed by atoms with Crippen LogP contribution in [0.15, 0.2) is 65.7 Å². The third-order valence-electron chi connectivity index (χ3n) is 6.99. The summed E-state index contributed by atoms with van der Waals surface area (Å²) in [5.74, 6) is -0.933. The highest BCUT2D eigenvalue weighted by Gasteiger charge is 2.28. The number of amides is 2. The molecule has 6 rings (SSSR count). The van der Waals surface area contributed by atoms with E-state index < -0.39 is 36.5 Å². The van der Waals surface area contributed by atoms with E-state index in [1.165, 1.54) is 20.5 Å². The number of carboxylic acids is 1.